The molecule has 6 rings (SSSR count). The van der Waals surface area contributed by atoms with Gasteiger partial charge in [-0.3, -0.25) is 9.88 Å². The predicted octanol–water partition coefficient (Wildman–Crippen LogP) is 6.37. The molecule has 2 fully saturated rings. The number of anilines is 1. The lowest BCUT2D eigenvalue weighted by molar-refractivity contribution is -0.201. The zero-order valence-electron chi connectivity index (χ0n) is 25.1. The van der Waals surface area contributed by atoms with E-state index in [0.29, 0.717) is 25.7 Å². The summed E-state index contributed by atoms with van der Waals surface area (Å²) in [5.41, 5.74) is 4.69. The van der Waals surface area contributed by atoms with Crippen molar-refractivity contribution in [3.05, 3.63) is 132 Å². The molecule has 3 aromatic carbocycles. The van der Waals surface area contributed by atoms with E-state index < -0.39 is 0 Å². The summed E-state index contributed by atoms with van der Waals surface area (Å²) in [7, 11) is 0. The van der Waals surface area contributed by atoms with Crippen LogP contribution in [0.5, 0.6) is 0 Å². The van der Waals surface area contributed by atoms with Gasteiger partial charge in [0.05, 0.1) is 37.8 Å². The summed E-state index contributed by atoms with van der Waals surface area (Å²) in [6.45, 7) is 7.81. The Morgan fingerprint density at radius 2 is 1.26 bits per heavy atom. The van der Waals surface area contributed by atoms with Crippen molar-refractivity contribution in [1.82, 2.24) is 9.88 Å². The molecule has 6 heteroatoms. The average molecular weight is 578 g/mol. The number of benzene rings is 3. The van der Waals surface area contributed by atoms with Crippen LogP contribution in [0.15, 0.2) is 116 Å². The second kappa shape index (κ2) is 14.8. The first-order valence-corrected chi connectivity index (χ1v) is 15.6. The molecule has 0 unspecified atom stereocenters. The molecule has 5 atom stereocenters. The molecule has 6 nitrogen and oxygen atoms in total. The van der Waals surface area contributed by atoms with E-state index in [1.807, 2.05) is 36.7 Å². The Bertz CT molecular complexity index is 1360. The van der Waals surface area contributed by atoms with Gasteiger partial charge in [-0.25, -0.2) is 0 Å². The summed E-state index contributed by atoms with van der Waals surface area (Å²) < 4.78 is 20.2. The van der Waals surface area contributed by atoms with Crippen LogP contribution in [0.3, 0.4) is 0 Å². The van der Waals surface area contributed by atoms with E-state index in [9.17, 15) is 0 Å². The Morgan fingerprint density at radius 1 is 0.674 bits per heavy atom. The molecular formula is C37H43N3O3. The first kappa shape index (κ1) is 29.5. The fourth-order valence-electron chi connectivity index (χ4n) is 6.42. The maximum Gasteiger partial charge on any atom is 0.113 e. The van der Waals surface area contributed by atoms with Gasteiger partial charge in [0.1, 0.15) is 12.2 Å². The molecule has 0 radical (unpaired) electrons. The zero-order valence-corrected chi connectivity index (χ0v) is 25.1. The highest BCUT2D eigenvalue weighted by atomic mass is 16.6. The van der Waals surface area contributed by atoms with Crippen LogP contribution >= 0.6 is 0 Å². The number of likely N-dealkylation sites (tertiary alicyclic amines) is 1. The Labute approximate surface area is 256 Å². The SMILES string of the molecule is C[C@@H]1[C@@H](OCc2ccccc2)[C@H](OCc2ccccc2)[C@@H](OCc2ccccc2)CN1C[C@H]1CCN(c2cccnc2)C1. The summed E-state index contributed by atoms with van der Waals surface area (Å²) in [4.78, 5) is 9.39. The third-order valence-corrected chi connectivity index (χ3v) is 8.82. The standard InChI is InChI=1S/C37H43N3O3/c1-29-36(42-27-31-14-7-3-8-15-31)37(43-28-32-16-9-4-10-17-32)35(41-26-30-12-5-2-6-13-30)25-40(29)24-33-19-21-39(23-33)34-18-11-20-38-22-34/h2-18,20,22,29,33,35-37H,19,21,23-28H2,1H3/t29-,33+,35+,36-,37-/m1/s1. The lowest BCUT2D eigenvalue weighted by Gasteiger charge is -2.48. The van der Waals surface area contributed by atoms with Gasteiger partial charge in [0.25, 0.3) is 0 Å². The molecule has 0 N–H and O–H groups in total. The summed E-state index contributed by atoms with van der Waals surface area (Å²) in [6, 6.07) is 35.6. The number of hydrogen-bond donors (Lipinski definition) is 0. The van der Waals surface area contributed by atoms with E-state index in [1.165, 1.54) is 16.8 Å². The average Bonchev–Trinajstić information content (AvgIpc) is 3.54. The number of nitrogens with zero attached hydrogens (tertiary/aromatic N) is 3. The van der Waals surface area contributed by atoms with E-state index in [-0.39, 0.29) is 24.4 Å². The van der Waals surface area contributed by atoms with E-state index >= 15 is 0 Å². The highest BCUT2D eigenvalue weighted by Crippen LogP contribution is 2.31. The number of ether oxygens (including phenoxy) is 3. The lowest BCUT2D eigenvalue weighted by atomic mass is 9.92. The normalized spacial score (nSPS) is 24.3. The van der Waals surface area contributed by atoms with Gasteiger partial charge in [-0.1, -0.05) is 91.0 Å². The quantitative estimate of drug-likeness (QED) is 0.195. The highest BCUT2D eigenvalue weighted by molar-refractivity contribution is 5.44. The molecule has 2 saturated heterocycles. The second-order valence-electron chi connectivity index (χ2n) is 11.9. The molecular weight excluding hydrogens is 534 g/mol. The molecule has 0 spiro atoms. The van der Waals surface area contributed by atoms with Crippen LogP contribution in [0.25, 0.3) is 0 Å². The van der Waals surface area contributed by atoms with Crippen molar-refractivity contribution >= 4 is 5.69 Å². The van der Waals surface area contributed by atoms with Crippen molar-refractivity contribution in [3.63, 3.8) is 0 Å². The van der Waals surface area contributed by atoms with Gasteiger partial charge in [-0.05, 0) is 48.1 Å². The van der Waals surface area contributed by atoms with Crippen LogP contribution < -0.4 is 4.90 Å². The summed E-state index contributed by atoms with van der Waals surface area (Å²) in [5, 5.41) is 0. The predicted molar refractivity (Wildman–Crippen MR) is 171 cm³/mol. The van der Waals surface area contributed by atoms with Gasteiger partial charge < -0.3 is 19.1 Å². The van der Waals surface area contributed by atoms with Gasteiger partial charge in [-0.15, -0.1) is 0 Å². The molecule has 2 aliphatic rings. The zero-order chi connectivity index (χ0) is 29.3. The number of hydrogen-bond acceptors (Lipinski definition) is 6. The number of aromatic nitrogens is 1. The minimum absolute atomic E-state index is 0.128. The first-order chi connectivity index (χ1) is 21.2. The Balaban J connectivity index is 1.21. The number of rotatable bonds is 12. The molecule has 0 amide bonds. The third kappa shape index (κ3) is 7.89. The summed E-state index contributed by atoms with van der Waals surface area (Å²) >= 11 is 0. The topological polar surface area (TPSA) is 47.1 Å². The molecule has 0 bridgehead atoms. The summed E-state index contributed by atoms with van der Waals surface area (Å²) in [5.74, 6) is 0.564. The monoisotopic (exact) mass is 577 g/mol. The van der Waals surface area contributed by atoms with Crippen molar-refractivity contribution in [2.45, 2.75) is 57.5 Å². The van der Waals surface area contributed by atoms with Crippen molar-refractivity contribution in [1.29, 1.82) is 0 Å². The maximum absolute atomic E-state index is 6.78. The molecule has 1 aromatic heterocycles. The van der Waals surface area contributed by atoms with Crippen molar-refractivity contribution in [3.8, 4) is 0 Å². The van der Waals surface area contributed by atoms with E-state index in [2.05, 4.69) is 101 Å². The van der Waals surface area contributed by atoms with E-state index in [1.54, 1.807) is 0 Å². The van der Waals surface area contributed by atoms with Crippen LogP contribution in [0, 0.1) is 5.92 Å². The third-order valence-electron chi connectivity index (χ3n) is 8.82. The molecule has 2 aliphatic heterocycles. The van der Waals surface area contributed by atoms with E-state index in [4.69, 9.17) is 14.2 Å². The van der Waals surface area contributed by atoms with Crippen molar-refractivity contribution in [2.24, 2.45) is 5.92 Å². The van der Waals surface area contributed by atoms with Crippen LogP contribution in [0.1, 0.15) is 30.0 Å². The fourth-order valence-corrected chi connectivity index (χ4v) is 6.42. The van der Waals surface area contributed by atoms with Crippen molar-refractivity contribution < 1.29 is 14.2 Å². The largest absolute Gasteiger partial charge is 0.370 e. The molecule has 4 aromatic rings. The van der Waals surface area contributed by atoms with Gasteiger partial charge in [0.15, 0.2) is 0 Å². The minimum atomic E-state index is -0.200. The summed E-state index contributed by atoms with van der Waals surface area (Å²) in [6.07, 6.45) is 4.51. The second-order valence-corrected chi connectivity index (χ2v) is 11.9. The maximum atomic E-state index is 6.78. The van der Waals surface area contributed by atoms with Gasteiger partial charge in [0, 0.05) is 38.4 Å². The Hall–Kier alpha value is -3.55. The smallest absolute Gasteiger partial charge is 0.113 e. The minimum Gasteiger partial charge on any atom is -0.370 e. The number of piperidine rings is 1. The molecule has 0 saturated carbocycles. The molecule has 224 valence electrons. The first-order valence-electron chi connectivity index (χ1n) is 15.6. The van der Waals surface area contributed by atoms with Crippen LogP contribution in [-0.4, -0.2) is 60.4 Å². The van der Waals surface area contributed by atoms with Gasteiger partial charge in [0.2, 0.25) is 0 Å². The Kier molecular flexibility index (Phi) is 10.1. The van der Waals surface area contributed by atoms with Crippen LogP contribution in [-0.2, 0) is 34.0 Å². The number of pyridine rings is 1. The highest BCUT2D eigenvalue weighted by Gasteiger charge is 2.45. The van der Waals surface area contributed by atoms with Gasteiger partial charge in [-0.2, -0.15) is 0 Å². The van der Waals surface area contributed by atoms with Gasteiger partial charge >= 0.3 is 0 Å². The van der Waals surface area contributed by atoms with Crippen molar-refractivity contribution in [2.75, 3.05) is 31.1 Å². The lowest BCUT2D eigenvalue weighted by Crippen LogP contribution is -2.63. The molecule has 0 aliphatic carbocycles. The Morgan fingerprint density at radius 3 is 1.84 bits per heavy atom. The van der Waals surface area contributed by atoms with Crippen LogP contribution in [0.2, 0.25) is 0 Å². The molecule has 43 heavy (non-hydrogen) atoms. The molecule has 3 heterocycles. The van der Waals surface area contributed by atoms with Crippen LogP contribution in [0.4, 0.5) is 5.69 Å². The van der Waals surface area contributed by atoms with E-state index in [0.717, 1.165) is 38.2 Å². The fraction of sp³-hybridized carbons (Fsp3) is 0.378.